The molecule has 0 fully saturated rings. The quantitative estimate of drug-likeness (QED) is 0.840. The van der Waals surface area contributed by atoms with Gasteiger partial charge in [-0.3, -0.25) is 4.79 Å². The first-order valence-corrected chi connectivity index (χ1v) is 6.42. The van der Waals surface area contributed by atoms with Gasteiger partial charge in [0.25, 0.3) is 0 Å². The molecule has 4 heteroatoms. The Morgan fingerprint density at radius 3 is 2.45 bits per heavy atom. The van der Waals surface area contributed by atoms with Crippen LogP contribution in [0.5, 0.6) is 0 Å². The van der Waals surface area contributed by atoms with E-state index < -0.39 is 5.92 Å². The van der Waals surface area contributed by atoms with Crippen LogP contribution in [-0.4, -0.2) is 13.0 Å². The predicted molar refractivity (Wildman–Crippen MR) is 77.8 cm³/mol. The van der Waals surface area contributed by atoms with Gasteiger partial charge in [-0.05, 0) is 30.2 Å². The number of nitrogen functional groups attached to an aromatic ring is 1. The summed E-state index contributed by atoms with van der Waals surface area (Å²) >= 11 is 0. The SMILES string of the molecule is CNC(=O)C(Cc1ccc(N)cc1)c1ccccc1F. The van der Waals surface area contributed by atoms with Gasteiger partial charge >= 0.3 is 0 Å². The van der Waals surface area contributed by atoms with Crippen LogP contribution in [0.1, 0.15) is 17.0 Å². The maximum absolute atomic E-state index is 13.9. The van der Waals surface area contributed by atoms with Crippen molar-refractivity contribution < 1.29 is 9.18 Å². The molecule has 104 valence electrons. The standard InChI is InChI=1S/C16H17FN2O/c1-19-16(20)14(13-4-2-3-5-15(13)17)10-11-6-8-12(18)9-7-11/h2-9,14H,10,18H2,1H3,(H,19,20). The Kier molecular flexibility index (Phi) is 4.35. The van der Waals surface area contributed by atoms with Crippen LogP contribution >= 0.6 is 0 Å². The summed E-state index contributed by atoms with van der Waals surface area (Å²) in [5.74, 6) is -1.12. The Morgan fingerprint density at radius 1 is 1.20 bits per heavy atom. The van der Waals surface area contributed by atoms with E-state index in [9.17, 15) is 9.18 Å². The van der Waals surface area contributed by atoms with E-state index in [1.54, 1.807) is 37.4 Å². The lowest BCUT2D eigenvalue weighted by atomic mass is 9.90. The van der Waals surface area contributed by atoms with E-state index in [-0.39, 0.29) is 11.7 Å². The van der Waals surface area contributed by atoms with Crippen LogP contribution in [0.4, 0.5) is 10.1 Å². The molecule has 0 aliphatic rings. The molecule has 0 radical (unpaired) electrons. The fourth-order valence-corrected chi connectivity index (χ4v) is 2.17. The van der Waals surface area contributed by atoms with Crippen molar-refractivity contribution in [3.05, 3.63) is 65.5 Å². The molecule has 0 saturated heterocycles. The second-order valence-corrected chi connectivity index (χ2v) is 4.63. The summed E-state index contributed by atoms with van der Waals surface area (Å²) in [5.41, 5.74) is 7.65. The van der Waals surface area contributed by atoms with E-state index in [1.807, 2.05) is 12.1 Å². The fourth-order valence-electron chi connectivity index (χ4n) is 2.17. The number of nitrogens with one attached hydrogen (secondary N) is 1. The molecule has 20 heavy (non-hydrogen) atoms. The van der Waals surface area contributed by atoms with Crippen molar-refractivity contribution in [2.24, 2.45) is 0 Å². The second-order valence-electron chi connectivity index (χ2n) is 4.63. The highest BCUT2D eigenvalue weighted by atomic mass is 19.1. The van der Waals surface area contributed by atoms with E-state index in [0.717, 1.165) is 5.56 Å². The molecule has 0 aromatic heterocycles. The average molecular weight is 272 g/mol. The van der Waals surface area contributed by atoms with Crippen molar-refractivity contribution in [3.63, 3.8) is 0 Å². The average Bonchev–Trinajstić information content (AvgIpc) is 2.47. The number of nitrogens with two attached hydrogens (primary N) is 1. The third-order valence-electron chi connectivity index (χ3n) is 3.26. The monoisotopic (exact) mass is 272 g/mol. The molecular formula is C16H17FN2O. The minimum absolute atomic E-state index is 0.202. The van der Waals surface area contributed by atoms with Gasteiger partial charge in [0.05, 0.1) is 5.92 Å². The van der Waals surface area contributed by atoms with Crippen molar-refractivity contribution in [2.75, 3.05) is 12.8 Å². The van der Waals surface area contributed by atoms with E-state index in [0.29, 0.717) is 17.7 Å². The Bertz CT molecular complexity index is 596. The molecule has 0 spiro atoms. The molecule has 0 bridgehead atoms. The predicted octanol–water partition coefficient (Wildman–Crippen LogP) is 2.48. The molecule has 0 heterocycles. The minimum Gasteiger partial charge on any atom is -0.399 e. The van der Waals surface area contributed by atoms with E-state index in [1.165, 1.54) is 6.07 Å². The largest absolute Gasteiger partial charge is 0.399 e. The van der Waals surface area contributed by atoms with Gasteiger partial charge in [0.1, 0.15) is 5.82 Å². The highest BCUT2D eigenvalue weighted by Gasteiger charge is 2.22. The van der Waals surface area contributed by atoms with Crippen LogP contribution in [0.2, 0.25) is 0 Å². The van der Waals surface area contributed by atoms with Crippen molar-refractivity contribution in [3.8, 4) is 0 Å². The van der Waals surface area contributed by atoms with Crippen LogP contribution < -0.4 is 11.1 Å². The van der Waals surface area contributed by atoms with Crippen LogP contribution in [0.25, 0.3) is 0 Å². The van der Waals surface area contributed by atoms with E-state index in [2.05, 4.69) is 5.32 Å². The highest BCUT2D eigenvalue weighted by Crippen LogP contribution is 2.24. The topological polar surface area (TPSA) is 55.1 Å². The summed E-state index contributed by atoms with van der Waals surface area (Å²) in [4.78, 5) is 12.0. The van der Waals surface area contributed by atoms with Gasteiger partial charge < -0.3 is 11.1 Å². The summed E-state index contributed by atoms with van der Waals surface area (Å²) in [6, 6.07) is 13.6. The van der Waals surface area contributed by atoms with Gasteiger partial charge in [0.2, 0.25) is 5.91 Å². The summed E-state index contributed by atoms with van der Waals surface area (Å²) in [6.45, 7) is 0. The molecule has 2 aromatic rings. The van der Waals surface area contributed by atoms with E-state index >= 15 is 0 Å². The lowest BCUT2D eigenvalue weighted by Crippen LogP contribution is -2.27. The van der Waals surface area contributed by atoms with Gasteiger partial charge in [-0.2, -0.15) is 0 Å². The second kappa shape index (κ2) is 6.19. The zero-order chi connectivity index (χ0) is 14.5. The number of halogens is 1. The number of rotatable bonds is 4. The summed E-state index contributed by atoms with van der Waals surface area (Å²) in [6.07, 6.45) is 0.431. The number of likely N-dealkylation sites (N-methyl/N-ethyl adjacent to an activating group) is 1. The smallest absolute Gasteiger partial charge is 0.227 e. The third kappa shape index (κ3) is 3.15. The first-order valence-electron chi connectivity index (χ1n) is 6.42. The zero-order valence-electron chi connectivity index (χ0n) is 11.3. The lowest BCUT2D eigenvalue weighted by Gasteiger charge is -2.16. The minimum atomic E-state index is -0.551. The van der Waals surface area contributed by atoms with Crippen molar-refractivity contribution >= 4 is 11.6 Å². The Balaban J connectivity index is 2.31. The number of hydrogen-bond donors (Lipinski definition) is 2. The molecule has 1 unspecified atom stereocenters. The highest BCUT2D eigenvalue weighted by molar-refractivity contribution is 5.83. The van der Waals surface area contributed by atoms with Gasteiger partial charge in [0.15, 0.2) is 0 Å². The molecule has 2 aromatic carbocycles. The molecule has 1 atom stereocenters. The maximum atomic E-state index is 13.9. The number of benzene rings is 2. The summed E-state index contributed by atoms with van der Waals surface area (Å²) in [5, 5.41) is 2.59. The third-order valence-corrected chi connectivity index (χ3v) is 3.26. The molecular weight excluding hydrogens is 255 g/mol. The maximum Gasteiger partial charge on any atom is 0.227 e. The first kappa shape index (κ1) is 14.1. The number of carbonyl (C=O) groups excluding carboxylic acids is 1. The zero-order valence-corrected chi connectivity index (χ0v) is 11.3. The Labute approximate surface area is 117 Å². The fraction of sp³-hybridized carbons (Fsp3) is 0.188. The molecule has 0 saturated carbocycles. The van der Waals surface area contributed by atoms with Crippen molar-refractivity contribution in [1.29, 1.82) is 0 Å². The van der Waals surface area contributed by atoms with Gasteiger partial charge in [-0.25, -0.2) is 4.39 Å². The van der Waals surface area contributed by atoms with Crippen molar-refractivity contribution in [1.82, 2.24) is 5.32 Å². The molecule has 3 nitrogen and oxygen atoms in total. The summed E-state index contributed by atoms with van der Waals surface area (Å²) in [7, 11) is 1.55. The molecule has 1 amide bonds. The number of anilines is 1. The molecule has 0 aliphatic carbocycles. The van der Waals surface area contributed by atoms with Gasteiger partial charge in [-0.1, -0.05) is 30.3 Å². The van der Waals surface area contributed by atoms with Gasteiger partial charge in [0, 0.05) is 18.3 Å². The number of carbonyl (C=O) groups is 1. The normalized spacial score (nSPS) is 11.9. The lowest BCUT2D eigenvalue weighted by molar-refractivity contribution is -0.122. The number of amides is 1. The van der Waals surface area contributed by atoms with Gasteiger partial charge in [-0.15, -0.1) is 0 Å². The van der Waals surface area contributed by atoms with Crippen molar-refractivity contribution in [2.45, 2.75) is 12.3 Å². The number of hydrogen-bond acceptors (Lipinski definition) is 2. The van der Waals surface area contributed by atoms with Crippen LogP contribution in [0.3, 0.4) is 0 Å². The van der Waals surface area contributed by atoms with Crippen LogP contribution in [0, 0.1) is 5.82 Å². The van der Waals surface area contributed by atoms with Crippen LogP contribution in [-0.2, 0) is 11.2 Å². The molecule has 3 N–H and O–H groups in total. The first-order chi connectivity index (χ1) is 9.61. The van der Waals surface area contributed by atoms with Crippen LogP contribution in [0.15, 0.2) is 48.5 Å². The molecule has 2 rings (SSSR count). The summed E-state index contributed by atoms with van der Waals surface area (Å²) < 4.78 is 13.9. The molecule has 0 aliphatic heterocycles. The Hall–Kier alpha value is -2.36. The van der Waals surface area contributed by atoms with E-state index in [4.69, 9.17) is 5.73 Å². The Morgan fingerprint density at radius 2 is 1.85 bits per heavy atom.